The van der Waals surface area contributed by atoms with Crippen LogP contribution in [0.3, 0.4) is 0 Å². The van der Waals surface area contributed by atoms with Gasteiger partial charge in [-0.2, -0.15) is 5.10 Å². The predicted octanol–water partition coefficient (Wildman–Crippen LogP) is 3.02. The van der Waals surface area contributed by atoms with Gasteiger partial charge in [-0.25, -0.2) is 0 Å². The highest BCUT2D eigenvalue weighted by Crippen LogP contribution is 2.27. The zero-order valence-electron chi connectivity index (χ0n) is 13.6. The maximum absolute atomic E-state index is 10.6. The van der Waals surface area contributed by atoms with Gasteiger partial charge in [0.25, 0.3) is 0 Å². The number of hydrogen-bond donors (Lipinski definition) is 1. The Balaban J connectivity index is 2.31. The normalized spacial score (nSPS) is 15.3. The van der Waals surface area contributed by atoms with E-state index in [2.05, 4.69) is 44.9 Å². The summed E-state index contributed by atoms with van der Waals surface area (Å²) in [6, 6.07) is 8.16. The standard InChI is InChI=1S/C17H26N2O2/c1-6-19-14-10-8-7-9-12(14)13(18-19)11-15(20)16(21-5)17(2,3)4/h7-10,15-16,20H,6,11H2,1-5H3. The summed E-state index contributed by atoms with van der Waals surface area (Å²) in [5, 5.41) is 16.3. The molecule has 0 aliphatic carbocycles. The van der Waals surface area contributed by atoms with E-state index in [1.165, 1.54) is 0 Å². The average Bonchev–Trinajstić information content (AvgIpc) is 2.76. The molecular weight excluding hydrogens is 264 g/mol. The lowest BCUT2D eigenvalue weighted by Gasteiger charge is -2.33. The largest absolute Gasteiger partial charge is 0.390 e. The van der Waals surface area contributed by atoms with Crippen molar-refractivity contribution in [2.75, 3.05) is 7.11 Å². The van der Waals surface area contributed by atoms with Crippen LogP contribution >= 0.6 is 0 Å². The van der Waals surface area contributed by atoms with Gasteiger partial charge in [-0.1, -0.05) is 39.0 Å². The van der Waals surface area contributed by atoms with Crippen molar-refractivity contribution in [1.29, 1.82) is 0 Å². The summed E-state index contributed by atoms with van der Waals surface area (Å²) in [4.78, 5) is 0. The molecule has 1 aromatic heterocycles. The highest BCUT2D eigenvalue weighted by Gasteiger charge is 2.32. The molecular formula is C17H26N2O2. The van der Waals surface area contributed by atoms with Crippen molar-refractivity contribution in [3.8, 4) is 0 Å². The molecule has 0 radical (unpaired) electrons. The maximum atomic E-state index is 10.6. The summed E-state index contributed by atoms with van der Waals surface area (Å²) in [5.74, 6) is 0. The molecule has 0 aliphatic heterocycles. The van der Waals surface area contributed by atoms with E-state index in [0.29, 0.717) is 6.42 Å². The number of nitrogens with zero attached hydrogens (tertiary/aromatic N) is 2. The molecule has 2 unspecified atom stereocenters. The van der Waals surface area contributed by atoms with Gasteiger partial charge in [-0.15, -0.1) is 0 Å². The third-order valence-electron chi connectivity index (χ3n) is 3.89. The van der Waals surface area contributed by atoms with Crippen molar-refractivity contribution in [2.45, 2.75) is 52.9 Å². The second-order valence-electron chi connectivity index (χ2n) is 6.57. The van der Waals surface area contributed by atoms with Crippen LogP contribution in [0.5, 0.6) is 0 Å². The van der Waals surface area contributed by atoms with Gasteiger partial charge >= 0.3 is 0 Å². The topological polar surface area (TPSA) is 47.3 Å². The van der Waals surface area contributed by atoms with Gasteiger partial charge in [-0.3, -0.25) is 4.68 Å². The minimum Gasteiger partial charge on any atom is -0.390 e. The van der Waals surface area contributed by atoms with E-state index in [0.717, 1.165) is 23.1 Å². The zero-order valence-corrected chi connectivity index (χ0v) is 13.6. The second kappa shape index (κ2) is 6.16. The van der Waals surface area contributed by atoms with Gasteiger partial charge in [-0.05, 0) is 18.4 Å². The first kappa shape index (κ1) is 16.0. The quantitative estimate of drug-likeness (QED) is 0.920. The number of methoxy groups -OCH3 is 1. The lowest BCUT2D eigenvalue weighted by atomic mass is 9.84. The van der Waals surface area contributed by atoms with Crippen LogP contribution in [0.1, 0.15) is 33.4 Å². The number of para-hydroxylation sites is 1. The molecule has 21 heavy (non-hydrogen) atoms. The number of rotatable bonds is 5. The number of hydrogen-bond acceptors (Lipinski definition) is 3. The van der Waals surface area contributed by atoms with Crippen molar-refractivity contribution in [3.63, 3.8) is 0 Å². The van der Waals surface area contributed by atoms with Crippen molar-refractivity contribution in [2.24, 2.45) is 5.41 Å². The summed E-state index contributed by atoms with van der Waals surface area (Å²) in [7, 11) is 1.65. The fraction of sp³-hybridized carbons (Fsp3) is 0.588. The van der Waals surface area contributed by atoms with Gasteiger partial charge < -0.3 is 9.84 Å². The molecule has 4 nitrogen and oxygen atoms in total. The van der Waals surface area contributed by atoms with Crippen molar-refractivity contribution >= 4 is 10.9 Å². The van der Waals surface area contributed by atoms with Crippen LogP contribution in [-0.4, -0.2) is 34.2 Å². The summed E-state index contributed by atoms with van der Waals surface area (Å²) in [5.41, 5.74) is 1.94. The number of aromatic nitrogens is 2. The molecule has 2 rings (SSSR count). The molecule has 0 fully saturated rings. The number of fused-ring (bicyclic) bond motifs is 1. The Bertz CT molecular complexity index is 598. The van der Waals surface area contributed by atoms with Crippen LogP contribution in [0.2, 0.25) is 0 Å². The Kier molecular flexibility index (Phi) is 4.69. The lowest BCUT2D eigenvalue weighted by Crippen LogP contribution is -2.40. The summed E-state index contributed by atoms with van der Waals surface area (Å²) >= 11 is 0. The Morgan fingerprint density at radius 3 is 2.52 bits per heavy atom. The number of aliphatic hydroxyl groups is 1. The molecule has 0 spiro atoms. The molecule has 1 aromatic carbocycles. The van der Waals surface area contributed by atoms with Gasteiger partial charge in [0.2, 0.25) is 0 Å². The zero-order chi connectivity index (χ0) is 15.6. The molecule has 116 valence electrons. The third-order valence-corrected chi connectivity index (χ3v) is 3.89. The van der Waals surface area contributed by atoms with Crippen molar-refractivity contribution in [3.05, 3.63) is 30.0 Å². The van der Waals surface area contributed by atoms with Gasteiger partial charge in [0, 0.05) is 25.5 Å². The van der Waals surface area contributed by atoms with Crippen molar-refractivity contribution < 1.29 is 9.84 Å². The van der Waals surface area contributed by atoms with E-state index in [1.807, 2.05) is 16.8 Å². The van der Waals surface area contributed by atoms with Gasteiger partial charge in [0.15, 0.2) is 0 Å². The second-order valence-corrected chi connectivity index (χ2v) is 6.57. The number of benzene rings is 1. The van der Waals surface area contributed by atoms with E-state index in [-0.39, 0.29) is 11.5 Å². The maximum Gasteiger partial charge on any atom is 0.0882 e. The Labute approximate surface area is 126 Å². The summed E-state index contributed by atoms with van der Waals surface area (Å²) in [6.45, 7) is 9.13. The predicted molar refractivity (Wildman–Crippen MR) is 85.4 cm³/mol. The van der Waals surface area contributed by atoms with E-state index < -0.39 is 6.10 Å². The first-order valence-corrected chi connectivity index (χ1v) is 7.53. The fourth-order valence-corrected chi connectivity index (χ4v) is 2.98. The van der Waals surface area contributed by atoms with Crippen LogP contribution in [0.25, 0.3) is 10.9 Å². The lowest BCUT2D eigenvalue weighted by molar-refractivity contribution is -0.0701. The number of ether oxygens (including phenoxy) is 1. The number of aryl methyl sites for hydroxylation is 1. The Morgan fingerprint density at radius 1 is 1.29 bits per heavy atom. The summed E-state index contributed by atoms with van der Waals surface area (Å²) < 4.78 is 7.49. The molecule has 0 saturated heterocycles. The summed E-state index contributed by atoms with van der Waals surface area (Å²) in [6.07, 6.45) is -0.287. The molecule has 4 heteroatoms. The van der Waals surface area contributed by atoms with Crippen LogP contribution in [-0.2, 0) is 17.7 Å². The molecule has 2 aromatic rings. The highest BCUT2D eigenvalue weighted by molar-refractivity contribution is 5.82. The molecule has 0 saturated carbocycles. The highest BCUT2D eigenvalue weighted by atomic mass is 16.5. The van der Waals surface area contributed by atoms with E-state index in [1.54, 1.807) is 7.11 Å². The molecule has 2 atom stereocenters. The van der Waals surface area contributed by atoms with E-state index >= 15 is 0 Å². The van der Waals surface area contributed by atoms with Crippen LogP contribution in [0, 0.1) is 5.41 Å². The minimum absolute atomic E-state index is 0.114. The van der Waals surface area contributed by atoms with Gasteiger partial charge in [0.1, 0.15) is 0 Å². The van der Waals surface area contributed by atoms with Crippen LogP contribution in [0.4, 0.5) is 0 Å². The molecule has 0 amide bonds. The Hall–Kier alpha value is -1.39. The minimum atomic E-state index is -0.571. The molecule has 0 bridgehead atoms. The van der Waals surface area contributed by atoms with E-state index in [9.17, 15) is 5.11 Å². The fourth-order valence-electron chi connectivity index (χ4n) is 2.98. The smallest absolute Gasteiger partial charge is 0.0882 e. The monoisotopic (exact) mass is 290 g/mol. The molecule has 0 aliphatic rings. The third kappa shape index (κ3) is 3.27. The van der Waals surface area contributed by atoms with Gasteiger partial charge in [0.05, 0.1) is 23.4 Å². The molecule has 1 heterocycles. The van der Waals surface area contributed by atoms with Crippen LogP contribution < -0.4 is 0 Å². The molecule has 1 N–H and O–H groups in total. The SMILES string of the molecule is CCn1nc(CC(O)C(OC)C(C)(C)C)c2ccccc21. The number of aliphatic hydroxyl groups excluding tert-OH is 1. The first-order chi connectivity index (χ1) is 9.88. The van der Waals surface area contributed by atoms with Crippen LogP contribution in [0.15, 0.2) is 24.3 Å². The average molecular weight is 290 g/mol. The first-order valence-electron chi connectivity index (χ1n) is 7.53. The van der Waals surface area contributed by atoms with Crippen molar-refractivity contribution in [1.82, 2.24) is 9.78 Å². The van der Waals surface area contributed by atoms with E-state index in [4.69, 9.17) is 4.74 Å². The Morgan fingerprint density at radius 2 is 1.95 bits per heavy atom.